The van der Waals surface area contributed by atoms with Gasteiger partial charge in [0.25, 0.3) is 0 Å². The van der Waals surface area contributed by atoms with Gasteiger partial charge in [0, 0.05) is 32.2 Å². The highest BCUT2D eigenvalue weighted by Crippen LogP contribution is 2.30. The van der Waals surface area contributed by atoms with Gasteiger partial charge in [-0.15, -0.1) is 0 Å². The monoisotopic (exact) mass is 542 g/mol. The number of aliphatic hydroxyl groups is 1. The molecule has 0 aromatic heterocycles. The third-order valence-electron chi connectivity index (χ3n) is 8.26. The molecule has 3 aliphatic heterocycles. The van der Waals surface area contributed by atoms with Gasteiger partial charge in [0.1, 0.15) is 11.5 Å². The first-order valence-electron chi connectivity index (χ1n) is 14.4. The molecule has 2 fully saturated rings. The van der Waals surface area contributed by atoms with Gasteiger partial charge >= 0.3 is 0 Å². The number of carbonyl (C=O) groups is 1. The Morgan fingerprint density at radius 3 is 2.48 bits per heavy atom. The molecule has 4 atom stereocenters. The molecule has 1 N–H and O–H groups in total. The minimum Gasteiger partial charge on any atom is -0.457 e. The molecule has 40 heavy (non-hydrogen) atoms. The summed E-state index contributed by atoms with van der Waals surface area (Å²) in [6.45, 7) is 3.36. The van der Waals surface area contributed by atoms with Crippen LogP contribution in [0.2, 0.25) is 0 Å². The van der Waals surface area contributed by atoms with Gasteiger partial charge in [-0.3, -0.25) is 9.69 Å². The molecule has 3 aromatic rings. The number of ether oxygens (including phenoxy) is 3. The Labute approximate surface area is 236 Å². The SMILES string of the molecule is O=C(C[C@H]1CC[C@H]2[C@H](COC[C@H](O)CN2Cc2ccc(Oc3ccccc3)cc2)O1)N1CCc2ccccc2C1. The van der Waals surface area contributed by atoms with E-state index in [1.54, 1.807) is 0 Å². The second-order valence-corrected chi connectivity index (χ2v) is 11.2. The number of amides is 1. The normalized spacial score (nSPS) is 25.3. The smallest absolute Gasteiger partial charge is 0.225 e. The van der Waals surface area contributed by atoms with Crippen molar-refractivity contribution >= 4 is 5.91 Å². The number of carbonyl (C=O) groups excluding carboxylic acids is 1. The first-order chi connectivity index (χ1) is 19.6. The maximum Gasteiger partial charge on any atom is 0.225 e. The average molecular weight is 543 g/mol. The quantitative estimate of drug-likeness (QED) is 0.492. The van der Waals surface area contributed by atoms with Crippen LogP contribution in [0.15, 0.2) is 78.9 Å². The fourth-order valence-electron chi connectivity index (χ4n) is 6.18. The number of aliphatic hydroxyl groups excluding tert-OH is 1. The second kappa shape index (κ2) is 12.5. The number of β-amino-alcohol motifs (C(OH)–C–C–N with tert-alkyl or cyclic N) is 1. The van der Waals surface area contributed by atoms with E-state index in [-0.39, 0.29) is 30.8 Å². The number of hydrogen-bond donors (Lipinski definition) is 1. The molecule has 0 saturated carbocycles. The van der Waals surface area contributed by atoms with Crippen molar-refractivity contribution in [1.29, 1.82) is 0 Å². The van der Waals surface area contributed by atoms with Crippen molar-refractivity contribution in [3.05, 3.63) is 95.6 Å². The molecule has 6 rings (SSSR count). The van der Waals surface area contributed by atoms with Crippen LogP contribution in [0.1, 0.15) is 36.0 Å². The largest absolute Gasteiger partial charge is 0.457 e. The van der Waals surface area contributed by atoms with Crippen molar-refractivity contribution in [3.8, 4) is 11.5 Å². The molecule has 0 spiro atoms. The lowest BCUT2D eigenvalue weighted by molar-refractivity contribution is -0.161. The Morgan fingerprint density at radius 2 is 1.65 bits per heavy atom. The molecular weight excluding hydrogens is 504 g/mol. The molecule has 1 amide bonds. The lowest BCUT2D eigenvalue weighted by atomic mass is 9.93. The van der Waals surface area contributed by atoms with Gasteiger partial charge in [0.15, 0.2) is 0 Å². The minimum atomic E-state index is -0.553. The van der Waals surface area contributed by atoms with Gasteiger partial charge in [-0.2, -0.15) is 0 Å². The molecule has 7 nitrogen and oxygen atoms in total. The van der Waals surface area contributed by atoms with E-state index in [1.165, 1.54) is 11.1 Å². The predicted molar refractivity (Wildman–Crippen MR) is 152 cm³/mol. The second-order valence-electron chi connectivity index (χ2n) is 11.2. The van der Waals surface area contributed by atoms with Crippen LogP contribution in [0.5, 0.6) is 11.5 Å². The lowest BCUT2D eigenvalue weighted by Gasteiger charge is -2.44. The molecule has 0 radical (unpaired) electrons. The van der Waals surface area contributed by atoms with Crippen LogP contribution in [0, 0.1) is 0 Å². The maximum atomic E-state index is 13.2. The van der Waals surface area contributed by atoms with Crippen molar-refractivity contribution < 1.29 is 24.1 Å². The zero-order chi connectivity index (χ0) is 27.3. The highest BCUT2D eigenvalue weighted by molar-refractivity contribution is 5.77. The number of fused-ring (bicyclic) bond motifs is 2. The molecule has 2 saturated heterocycles. The minimum absolute atomic E-state index is 0.114. The summed E-state index contributed by atoms with van der Waals surface area (Å²) in [5.41, 5.74) is 3.74. The van der Waals surface area contributed by atoms with Crippen molar-refractivity contribution in [2.45, 2.75) is 63.1 Å². The molecule has 210 valence electrons. The van der Waals surface area contributed by atoms with Crippen LogP contribution in [0.3, 0.4) is 0 Å². The highest BCUT2D eigenvalue weighted by atomic mass is 16.5. The van der Waals surface area contributed by atoms with E-state index in [0.717, 1.165) is 42.9 Å². The lowest BCUT2D eigenvalue weighted by Crippen LogP contribution is -2.55. The summed E-state index contributed by atoms with van der Waals surface area (Å²) in [5, 5.41) is 10.6. The zero-order valence-corrected chi connectivity index (χ0v) is 22.9. The van der Waals surface area contributed by atoms with E-state index in [0.29, 0.717) is 32.7 Å². The highest BCUT2D eigenvalue weighted by Gasteiger charge is 2.38. The molecule has 3 heterocycles. The number of benzene rings is 3. The summed E-state index contributed by atoms with van der Waals surface area (Å²) < 4.78 is 18.3. The van der Waals surface area contributed by atoms with Gasteiger partial charge in [0.05, 0.1) is 37.9 Å². The fourth-order valence-corrected chi connectivity index (χ4v) is 6.18. The number of para-hydroxylation sites is 1. The van der Waals surface area contributed by atoms with E-state index in [4.69, 9.17) is 14.2 Å². The van der Waals surface area contributed by atoms with E-state index >= 15 is 0 Å². The van der Waals surface area contributed by atoms with Gasteiger partial charge in [-0.1, -0.05) is 54.6 Å². The van der Waals surface area contributed by atoms with Crippen LogP contribution < -0.4 is 4.74 Å². The van der Waals surface area contributed by atoms with Crippen LogP contribution in [-0.4, -0.2) is 71.5 Å². The number of rotatable bonds is 6. The van der Waals surface area contributed by atoms with E-state index in [9.17, 15) is 9.90 Å². The predicted octanol–water partition coefficient (Wildman–Crippen LogP) is 4.56. The van der Waals surface area contributed by atoms with Crippen molar-refractivity contribution in [2.75, 3.05) is 26.3 Å². The summed E-state index contributed by atoms with van der Waals surface area (Å²) in [7, 11) is 0. The van der Waals surface area contributed by atoms with Crippen molar-refractivity contribution in [1.82, 2.24) is 9.80 Å². The van der Waals surface area contributed by atoms with Crippen molar-refractivity contribution in [2.24, 2.45) is 0 Å². The summed E-state index contributed by atoms with van der Waals surface area (Å²) in [4.78, 5) is 17.5. The molecule has 7 heteroatoms. The molecule has 3 aliphatic rings. The molecule has 3 aromatic carbocycles. The van der Waals surface area contributed by atoms with Crippen LogP contribution in [0.25, 0.3) is 0 Å². The Kier molecular flexibility index (Phi) is 8.44. The molecule has 0 aliphatic carbocycles. The van der Waals surface area contributed by atoms with E-state index in [1.807, 2.05) is 53.4 Å². The fraction of sp³-hybridized carbons (Fsp3) is 0.424. The maximum absolute atomic E-state index is 13.2. The van der Waals surface area contributed by atoms with Crippen LogP contribution in [0.4, 0.5) is 0 Å². The third kappa shape index (κ3) is 6.56. The molecular formula is C33H38N2O5. The van der Waals surface area contributed by atoms with E-state index in [2.05, 4.69) is 35.2 Å². The van der Waals surface area contributed by atoms with Gasteiger partial charge in [-0.25, -0.2) is 0 Å². The number of nitrogens with zero attached hydrogens (tertiary/aromatic N) is 2. The molecule has 0 unspecified atom stereocenters. The number of hydrogen-bond acceptors (Lipinski definition) is 6. The van der Waals surface area contributed by atoms with Gasteiger partial charge in [-0.05, 0) is 60.2 Å². The first kappa shape index (κ1) is 27.0. The van der Waals surface area contributed by atoms with Gasteiger partial charge < -0.3 is 24.2 Å². The summed E-state index contributed by atoms with van der Waals surface area (Å²) >= 11 is 0. The van der Waals surface area contributed by atoms with Crippen LogP contribution >= 0.6 is 0 Å². The Balaban J connectivity index is 1.07. The Bertz CT molecular complexity index is 1270. The van der Waals surface area contributed by atoms with Crippen molar-refractivity contribution in [3.63, 3.8) is 0 Å². The average Bonchev–Trinajstić information content (AvgIpc) is 2.97. The standard InChI is InChI=1S/C33H38N2O5/c36-27-21-35(19-24-10-12-29(13-11-24)39-28-8-2-1-3-9-28)31-15-14-30(40-32(31)23-38-22-27)18-33(37)34-17-16-25-6-4-5-7-26(25)20-34/h1-13,27,30-32,36H,14-23H2/t27-,30-,31+,32+/m1/s1. The van der Waals surface area contributed by atoms with Gasteiger partial charge in [0.2, 0.25) is 5.91 Å². The van der Waals surface area contributed by atoms with Crippen LogP contribution in [-0.2, 0) is 33.8 Å². The molecule has 0 bridgehead atoms. The summed E-state index contributed by atoms with van der Waals surface area (Å²) in [6.07, 6.45) is 2.21. The Morgan fingerprint density at radius 1 is 0.900 bits per heavy atom. The van der Waals surface area contributed by atoms with E-state index < -0.39 is 6.10 Å². The first-order valence-corrected chi connectivity index (χ1v) is 14.4. The third-order valence-corrected chi connectivity index (χ3v) is 8.26. The zero-order valence-electron chi connectivity index (χ0n) is 22.9. The summed E-state index contributed by atoms with van der Waals surface area (Å²) in [6, 6.07) is 26.4. The Hall–Kier alpha value is -3.23. The topological polar surface area (TPSA) is 71.5 Å². The summed E-state index contributed by atoms with van der Waals surface area (Å²) in [5.74, 6) is 1.76.